The number of halogens is 2. The lowest BCUT2D eigenvalue weighted by molar-refractivity contribution is 0.0562. The Morgan fingerprint density at radius 1 is 1.32 bits per heavy atom. The van der Waals surface area contributed by atoms with Crippen LogP contribution in [0.15, 0.2) is 34.7 Å². The molecule has 1 aromatic carbocycles. The van der Waals surface area contributed by atoms with Crippen molar-refractivity contribution in [3.63, 3.8) is 0 Å². The molecule has 0 aliphatic heterocycles. The second-order valence-electron chi connectivity index (χ2n) is 3.81. The molecule has 1 heterocycles. The van der Waals surface area contributed by atoms with Gasteiger partial charge in [0.15, 0.2) is 0 Å². The standard InChI is InChI=1S/C13H11Cl2NO3/c1-18-13(17)10-6-5-9(19-10)12(16)7-3-2-4-8(14)11(7)15/h2-6,12H,16H2,1H3. The van der Waals surface area contributed by atoms with Crippen molar-refractivity contribution >= 4 is 29.2 Å². The highest BCUT2D eigenvalue weighted by atomic mass is 35.5. The number of esters is 1. The SMILES string of the molecule is COC(=O)c1ccc(C(N)c2cccc(Cl)c2Cl)o1. The van der Waals surface area contributed by atoms with Crippen molar-refractivity contribution in [2.45, 2.75) is 6.04 Å². The summed E-state index contributed by atoms with van der Waals surface area (Å²) in [4.78, 5) is 11.3. The minimum Gasteiger partial charge on any atom is -0.463 e. The van der Waals surface area contributed by atoms with Crippen LogP contribution < -0.4 is 5.73 Å². The Morgan fingerprint density at radius 3 is 2.74 bits per heavy atom. The fourth-order valence-electron chi connectivity index (χ4n) is 1.64. The van der Waals surface area contributed by atoms with Crippen LogP contribution in [0.5, 0.6) is 0 Å². The quantitative estimate of drug-likeness (QED) is 0.882. The van der Waals surface area contributed by atoms with Gasteiger partial charge < -0.3 is 14.9 Å². The van der Waals surface area contributed by atoms with E-state index in [1.54, 1.807) is 24.3 Å². The zero-order valence-electron chi connectivity index (χ0n) is 10.0. The van der Waals surface area contributed by atoms with Crippen molar-refractivity contribution in [3.8, 4) is 0 Å². The number of benzene rings is 1. The average Bonchev–Trinajstić information content (AvgIpc) is 2.90. The normalized spacial score (nSPS) is 12.2. The maximum absolute atomic E-state index is 11.3. The summed E-state index contributed by atoms with van der Waals surface area (Å²) in [6.45, 7) is 0. The molecule has 0 fully saturated rings. The van der Waals surface area contributed by atoms with E-state index in [4.69, 9.17) is 33.4 Å². The van der Waals surface area contributed by atoms with E-state index >= 15 is 0 Å². The van der Waals surface area contributed by atoms with Crippen LogP contribution >= 0.6 is 23.2 Å². The smallest absolute Gasteiger partial charge is 0.373 e. The fraction of sp³-hybridized carbons (Fsp3) is 0.154. The Kier molecular flexibility index (Phi) is 4.14. The van der Waals surface area contributed by atoms with E-state index in [9.17, 15) is 4.79 Å². The predicted molar refractivity (Wildman–Crippen MR) is 72.5 cm³/mol. The van der Waals surface area contributed by atoms with E-state index < -0.39 is 12.0 Å². The van der Waals surface area contributed by atoms with Crippen molar-refractivity contribution < 1.29 is 13.9 Å². The zero-order chi connectivity index (χ0) is 14.0. The highest BCUT2D eigenvalue weighted by Crippen LogP contribution is 2.32. The molecular formula is C13H11Cl2NO3. The number of hydrogen-bond acceptors (Lipinski definition) is 4. The first-order chi connectivity index (χ1) is 9.04. The van der Waals surface area contributed by atoms with Gasteiger partial charge in [0.2, 0.25) is 5.76 Å². The monoisotopic (exact) mass is 299 g/mol. The molecule has 0 spiro atoms. The molecule has 1 aromatic heterocycles. The summed E-state index contributed by atoms with van der Waals surface area (Å²) >= 11 is 12.0. The fourth-order valence-corrected chi connectivity index (χ4v) is 2.07. The van der Waals surface area contributed by atoms with Crippen LogP contribution in [0.4, 0.5) is 0 Å². The van der Waals surface area contributed by atoms with Crippen LogP contribution in [-0.4, -0.2) is 13.1 Å². The van der Waals surface area contributed by atoms with Gasteiger partial charge in [0.05, 0.1) is 23.2 Å². The number of ether oxygens (including phenoxy) is 1. The molecule has 0 amide bonds. The summed E-state index contributed by atoms with van der Waals surface area (Å²) in [7, 11) is 1.28. The summed E-state index contributed by atoms with van der Waals surface area (Å²) in [5.41, 5.74) is 6.68. The van der Waals surface area contributed by atoms with Gasteiger partial charge in [-0.25, -0.2) is 4.79 Å². The molecule has 6 heteroatoms. The van der Waals surface area contributed by atoms with Gasteiger partial charge in [-0.2, -0.15) is 0 Å². The number of furan rings is 1. The number of carbonyl (C=O) groups excluding carboxylic acids is 1. The van der Waals surface area contributed by atoms with Gasteiger partial charge in [-0.1, -0.05) is 35.3 Å². The molecule has 4 nitrogen and oxygen atoms in total. The van der Waals surface area contributed by atoms with Crippen LogP contribution in [0.25, 0.3) is 0 Å². The topological polar surface area (TPSA) is 65.5 Å². The molecule has 100 valence electrons. The lowest BCUT2D eigenvalue weighted by Crippen LogP contribution is -2.11. The largest absolute Gasteiger partial charge is 0.463 e. The Morgan fingerprint density at radius 2 is 2.05 bits per heavy atom. The third-order valence-electron chi connectivity index (χ3n) is 2.64. The van der Waals surface area contributed by atoms with E-state index in [1.165, 1.54) is 13.2 Å². The molecule has 1 atom stereocenters. The molecule has 19 heavy (non-hydrogen) atoms. The van der Waals surface area contributed by atoms with Gasteiger partial charge in [0.25, 0.3) is 0 Å². The van der Waals surface area contributed by atoms with E-state index in [2.05, 4.69) is 4.74 Å². The average molecular weight is 300 g/mol. The summed E-state index contributed by atoms with van der Waals surface area (Å²) in [6.07, 6.45) is 0. The molecule has 2 aromatic rings. The molecule has 1 unspecified atom stereocenters. The van der Waals surface area contributed by atoms with Crippen molar-refractivity contribution in [1.29, 1.82) is 0 Å². The minimum absolute atomic E-state index is 0.0890. The number of hydrogen-bond donors (Lipinski definition) is 1. The van der Waals surface area contributed by atoms with Gasteiger partial charge in [-0.3, -0.25) is 0 Å². The van der Waals surface area contributed by atoms with Crippen molar-refractivity contribution in [1.82, 2.24) is 0 Å². The lowest BCUT2D eigenvalue weighted by Gasteiger charge is -2.11. The van der Waals surface area contributed by atoms with Gasteiger partial charge in [-0.15, -0.1) is 0 Å². The first-order valence-corrected chi connectivity index (χ1v) is 6.17. The van der Waals surface area contributed by atoms with Crippen molar-refractivity contribution in [2.75, 3.05) is 7.11 Å². The van der Waals surface area contributed by atoms with Crippen molar-refractivity contribution in [2.24, 2.45) is 5.73 Å². The molecule has 2 N–H and O–H groups in total. The van der Waals surface area contributed by atoms with Crippen LogP contribution in [0.3, 0.4) is 0 Å². The summed E-state index contributed by atoms with van der Waals surface area (Å²) in [6, 6.07) is 7.66. The molecule has 0 bridgehead atoms. The third kappa shape index (κ3) is 2.76. The third-order valence-corrected chi connectivity index (χ3v) is 3.47. The second kappa shape index (κ2) is 5.65. The van der Waals surface area contributed by atoms with Gasteiger partial charge in [0, 0.05) is 0 Å². The van der Waals surface area contributed by atoms with Crippen LogP contribution in [0.2, 0.25) is 10.0 Å². The molecule has 0 saturated heterocycles. The van der Waals surface area contributed by atoms with E-state index in [1.807, 2.05) is 0 Å². The zero-order valence-corrected chi connectivity index (χ0v) is 11.5. The molecule has 0 radical (unpaired) electrons. The van der Waals surface area contributed by atoms with Gasteiger partial charge >= 0.3 is 5.97 Å². The maximum Gasteiger partial charge on any atom is 0.373 e. The van der Waals surface area contributed by atoms with E-state index in [0.29, 0.717) is 21.4 Å². The number of nitrogens with two attached hydrogens (primary N) is 1. The first kappa shape index (κ1) is 13.9. The molecular weight excluding hydrogens is 289 g/mol. The van der Waals surface area contributed by atoms with E-state index in [0.717, 1.165) is 0 Å². The van der Waals surface area contributed by atoms with Crippen LogP contribution in [0, 0.1) is 0 Å². The van der Waals surface area contributed by atoms with Crippen molar-refractivity contribution in [3.05, 3.63) is 57.5 Å². The van der Waals surface area contributed by atoms with Gasteiger partial charge in [-0.05, 0) is 23.8 Å². The Hall–Kier alpha value is -1.49. The lowest BCUT2D eigenvalue weighted by atomic mass is 10.1. The summed E-state index contributed by atoms with van der Waals surface area (Å²) in [5, 5.41) is 0.780. The highest BCUT2D eigenvalue weighted by Gasteiger charge is 2.19. The Balaban J connectivity index is 2.34. The second-order valence-corrected chi connectivity index (χ2v) is 4.60. The molecule has 2 rings (SSSR count). The molecule has 0 aliphatic rings. The first-order valence-electron chi connectivity index (χ1n) is 5.42. The van der Waals surface area contributed by atoms with E-state index in [-0.39, 0.29) is 5.76 Å². The number of methoxy groups -OCH3 is 1. The van der Waals surface area contributed by atoms with Crippen LogP contribution in [0.1, 0.15) is 27.9 Å². The summed E-state index contributed by atoms with van der Waals surface area (Å²) < 4.78 is 9.90. The number of rotatable bonds is 3. The highest BCUT2D eigenvalue weighted by molar-refractivity contribution is 6.42. The Labute approximate surface area is 120 Å². The molecule has 0 saturated carbocycles. The predicted octanol–water partition coefficient (Wildman–Crippen LogP) is 3.42. The minimum atomic E-state index is -0.607. The number of carbonyl (C=O) groups is 1. The Bertz CT molecular complexity index is 610. The maximum atomic E-state index is 11.3. The van der Waals surface area contributed by atoms with Gasteiger partial charge in [0.1, 0.15) is 5.76 Å². The summed E-state index contributed by atoms with van der Waals surface area (Å²) in [5.74, 6) is -0.0636. The molecule has 0 aliphatic carbocycles. The van der Waals surface area contributed by atoms with Crippen LogP contribution in [-0.2, 0) is 4.74 Å².